The molecule has 7 heteroatoms. The second-order valence-electron chi connectivity index (χ2n) is 5.57. The van der Waals surface area contributed by atoms with Crippen LogP contribution in [0.4, 0.5) is 0 Å². The van der Waals surface area contributed by atoms with E-state index in [2.05, 4.69) is 4.98 Å². The minimum atomic E-state index is -3.11. The summed E-state index contributed by atoms with van der Waals surface area (Å²) in [6.07, 6.45) is 4.28. The monoisotopic (exact) mass is 312 g/mol. The number of rotatable bonds is 5. The summed E-state index contributed by atoms with van der Waals surface area (Å²) in [4.78, 5) is 4.01. The highest BCUT2D eigenvalue weighted by Crippen LogP contribution is 2.41. The van der Waals surface area contributed by atoms with Crippen molar-refractivity contribution >= 4 is 10.0 Å². The fraction of sp³-hybridized carbons (Fsp3) is 0.643. The normalized spacial score (nSPS) is 24.9. The molecule has 2 aliphatic rings. The van der Waals surface area contributed by atoms with E-state index in [1.54, 1.807) is 19.3 Å². The summed E-state index contributed by atoms with van der Waals surface area (Å²) < 4.78 is 36.8. The zero-order chi connectivity index (χ0) is 14.9. The van der Waals surface area contributed by atoms with E-state index in [-0.39, 0.29) is 17.3 Å². The van der Waals surface area contributed by atoms with Gasteiger partial charge in [0.15, 0.2) is 0 Å². The molecule has 2 aliphatic heterocycles. The van der Waals surface area contributed by atoms with Crippen molar-refractivity contribution in [1.29, 1.82) is 0 Å². The Balaban J connectivity index is 1.60. The van der Waals surface area contributed by atoms with Gasteiger partial charge in [0.25, 0.3) is 0 Å². The number of hydrogen-bond acceptors (Lipinski definition) is 5. The van der Waals surface area contributed by atoms with E-state index >= 15 is 0 Å². The van der Waals surface area contributed by atoms with Crippen LogP contribution < -0.4 is 4.74 Å². The van der Waals surface area contributed by atoms with Gasteiger partial charge in [-0.25, -0.2) is 8.42 Å². The minimum absolute atomic E-state index is 0.139. The molecule has 0 N–H and O–H groups in total. The van der Waals surface area contributed by atoms with E-state index in [1.807, 2.05) is 12.1 Å². The van der Waals surface area contributed by atoms with Crippen molar-refractivity contribution in [3.8, 4) is 5.75 Å². The molecule has 1 spiro atoms. The average molecular weight is 312 g/mol. The molecule has 116 valence electrons. The van der Waals surface area contributed by atoms with E-state index in [0.29, 0.717) is 26.3 Å². The number of hydrogen-bond donors (Lipinski definition) is 0. The Hall–Kier alpha value is -1.18. The molecule has 1 aromatic heterocycles. The van der Waals surface area contributed by atoms with Crippen molar-refractivity contribution in [3.63, 3.8) is 0 Å². The van der Waals surface area contributed by atoms with Gasteiger partial charge in [0.05, 0.1) is 18.6 Å². The van der Waals surface area contributed by atoms with Gasteiger partial charge in [0.2, 0.25) is 10.0 Å². The Morgan fingerprint density at radius 2 is 2.33 bits per heavy atom. The van der Waals surface area contributed by atoms with Crippen molar-refractivity contribution in [2.45, 2.75) is 18.9 Å². The van der Waals surface area contributed by atoms with Crippen molar-refractivity contribution in [2.24, 2.45) is 5.92 Å². The van der Waals surface area contributed by atoms with Crippen LogP contribution in [0.1, 0.15) is 13.3 Å². The lowest BCUT2D eigenvalue weighted by atomic mass is 9.83. The summed E-state index contributed by atoms with van der Waals surface area (Å²) in [5.41, 5.74) is -0.357. The molecule has 0 amide bonds. The molecule has 2 saturated heterocycles. The highest BCUT2D eigenvalue weighted by Gasteiger charge is 2.56. The van der Waals surface area contributed by atoms with Gasteiger partial charge < -0.3 is 9.47 Å². The van der Waals surface area contributed by atoms with Gasteiger partial charge in [0, 0.05) is 31.8 Å². The highest BCUT2D eigenvalue weighted by molar-refractivity contribution is 7.89. The van der Waals surface area contributed by atoms with Crippen molar-refractivity contribution < 1.29 is 17.9 Å². The van der Waals surface area contributed by atoms with Gasteiger partial charge in [-0.2, -0.15) is 4.31 Å². The van der Waals surface area contributed by atoms with Gasteiger partial charge in [-0.15, -0.1) is 0 Å². The maximum Gasteiger partial charge on any atom is 0.214 e. The first-order chi connectivity index (χ1) is 10.1. The van der Waals surface area contributed by atoms with Crippen LogP contribution in [0.5, 0.6) is 5.75 Å². The molecule has 1 atom stereocenters. The number of ether oxygens (including phenoxy) is 2. The van der Waals surface area contributed by atoms with Gasteiger partial charge in [0.1, 0.15) is 11.4 Å². The fourth-order valence-electron chi connectivity index (χ4n) is 2.93. The lowest BCUT2D eigenvalue weighted by Gasteiger charge is -2.48. The van der Waals surface area contributed by atoms with Crippen molar-refractivity contribution in [3.05, 3.63) is 24.5 Å². The summed E-state index contributed by atoms with van der Waals surface area (Å²) in [6, 6.07) is 3.69. The quantitative estimate of drug-likeness (QED) is 0.808. The molecule has 0 radical (unpaired) electrons. The van der Waals surface area contributed by atoms with E-state index in [4.69, 9.17) is 9.47 Å². The second kappa shape index (κ2) is 5.55. The molecular weight excluding hydrogens is 292 g/mol. The molecule has 0 aliphatic carbocycles. The molecule has 6 nitrogen and oxygen atoms in total. The molecule has 0 unspecified atom stereocenters. The van der Waals surface area contributed by atoms with Crippen molar-refractivity contribution in [1.82, 2.24) is 9.29 Å². The molecular formula is C14H20N2O4S. The van der Waals surface area contributed by atoms with Crippen LogP contribution in [0.25, 0.3) is 0 Å². The Kier molecular flexibility index (Phi) is 3.90. The molecule has 2 fully saturated rings. The molecule has 21 heavy (non-hydrogen) atoms. The predicted molar refractivity (Wildman–Crippen MR) is 77.6 cm³/mol. The third-order valence-electron chi connectivity index (χ3n) is 4.33. The molecule has 3 heterocycles. The lowest BCUT2D eigenvalue weighted by Crippen LogP contribution is -2.66. The zero-order valence-corrected chi connectivity index (χ0v) is 12.9. The van der Waals surface area contributed by atoms with Crippen LogP contribution in [0, 0.1) is 5.92 Å². The standard InChI is InChI=1S/C14H20N2O4S/c1-2-21(17,18)16-10-14(11-16)12(5-7-20-14)9-19-13-4-3-6-15-8-13/h3-4,6,8,12H,2,5,7,9-11H2,1H3/t12-/m1/s1. The van der Waals surface area contributed by atoms with Crippen LogP contribution in [0.3, 0.4) is 0 Å². The average Bonchev–Trinajstić information content (AvgIpc) is 2.88. The largest absolute Gasteiger partial charge is 0.492 e. The highest BCUT2D eigenvalue weighted by atomic mass is 32.2. The minimum Gasteiger partial charge on any atom is -0.492 e. The summed E-state index contributed by atoms with van der Waals surface area (Å²) >= 11 is 0. The molecule has 0 bridgehead atoms. The number of nitrogens with zero attached hydrogens (tertiary/aromatic N) is 2. The number of sulfonamides is 1. The van der Waals surface area contributed by atoms with Gasteiger partial charge in [-0.3, -0.25) is 4.98 Å². The lowest BCUT2D eigenvalue weighted by molar-refractivity contribution is -0.107. The first-order valence-corrected chi connectivity index (χ1v) is 8.81. The fourth-order valence-corrected chi connectivity index (χ4v) is 4.12. The van der Waals surface area contributed by atoms with Crippen LogP contribution >= 0.6 is 0 Å². The maximum absolute atomic E-state index is 11.8. The Morgan fingerprint density at radius 3 is 3.00 bits per heavy atom. The predicted octanol–water partition coefficient (Wildman–Crippen LogP) is 0.901. The topological polar surface area (TPSA) is 68.7 Å². The molecule has 1 aromatic rings. The molecule has 0 aromatic carbocycles. The molecule has 3 rings (SSSR count). The third-order valence-corrected chi connectivity index (χ3v) is 6.11. The summed E-state index contributed by atoms with van der Waals surface area (Å²) in [5, 5.41) is 0. The van der Waals surface area contributed by atoms with E-state index < -0.39 is 10.0 Å². The van der Waals surface area contributed by atoms with Gasteiger partial charge in [-0.05, 0) is 25.5 Å². The van der Waals surface area contributed by atoms with Crippen molar-refractivity contribution in [2.75, 3.05) is 32.1 Å². The van der Waals surface area contributed by atoms with E-state index in [1.165, 1.54) is 4.31 Å². The van der Waals surface area contributed by atoms with Crippen LogP contribution in [0.15, 0.2) is 24.5 Å². The summed E-state index contributed by atoms with van der Waals surface area (Å²) in [5.74, 6) is 1.10. The second-order valence-corrected chi connectivity index (χ2v) is 7.82. The van der Waals surface area contributed by atoms with Crippen LogP contribution in [-0.4, -0.2) is 55.4 Å². The number of pyridine rings is 1. The zero-order valence-electron chi connectivity index (χ0n) is 12.1. The third kappa shape index (κ3) is 2.77. The first kappa shape index (κ1) is 14.7. The van der Waals surface area contributed by atoms with E-state index in [9.17, 15) is 8.42 Å². The SMILES string of the molecule is CCS(=O)(=O)N1CC2(C1)OCC[C@@H]2COc1cccnc1. The van der Waals surface area contributed by atoms with Crippen LogP contribution in [-0.2, 0) is 14.8 Å². The van der Waals surface area contributed by atoms with Gasteiger partial charge in [-0.1, -0.05) is 0 Å². The van der Waals surface area contributed by atoms with Crippen LogP contribution in [0.2, 0.25) is 0 Å². The smallest absolute Gasteiger partial charge is 0.214 e. The van der Waals surface area contributed by atoms with E-state index in [0.717, 1.165) is 12.2 Å². The van der Waals surface area contributed by atoms with Gasteiger partial charge >= 0.3 is 0 Å². The first-order valence-electron chi connectivity index (χ1n) is 7.20. The Labute approximate surface area is 125 Å². The summed E-state index contributed by atoms with van der Waals surface area (Å²) in [7, 11) is -3.11. The Bertz CT molecular complexity index is 584. The maximum atomic E-state index is 11.8. The molecule has 0 saturated carbocycles. The Morgan fingerprint density at radius 1 is 1.52 bits per heavy atom. The summed E-state index contributed by atoms with van der Waals surface area (Å²) in [6.45, 7) is 3.76. The number of aromatic nitrogens is 1.